The van der Waals surface area contributed by atoms with Crippen LogP contribution in [0.2, 0.25) is 0 Å². The van der Waals surface area contributed by atoms with Gasteiger partial charge in [0.15, 0.2) is 0 Å². The van der Waals surface area contributed by atoms with Crippen molar-refractivity contribution in [3.05, 3.63) is 59.7 Å². The molecule has 3 N–H and O–H groups in total. The van der Waals surface area contributed by atoms with E-state index in [1.54, 1.807) is 36.4 Å². The van der Waals surface area contributed by atoms with Gasteiger partial charge in [0.25, 0.3) is 0 Å². The zero-order valence-electron chi connectivity index (χ0n) is 14.9. The molecule has 0 bridgehead atoms. The molecule has 0 aliphatic carbocycles. The lowest BCUT2D eigenvalue weighted by Gasteiger charge is -2.15. The average Bonchev–Trinajstić information content (AvgIpc) is 3.18. The van der Waals surface area contributed by atoms with Gasteiger partial charge in [-0.05, 0) is 48.2 Å². The third-order valence-electron chi connectivity index (χ3n) is 4.46. The quantitative estimate of drug-likeness (QED) is 0.716. The first-order valence-corrected chi connectivity index (χ1v) is 10.1. The third kappa shape index (κ3) is 5.45. The van der Waals surface area contributed by atoms with Crippen molar-refractivity contribution >= 4 is 34.0 Å². The average molecular weight is 410 g/mol. The lowest BCUT2D eigenvalue weighted by Crippen LogP contribution is -2.28. The molecule has 0 spiro atoms. The highest BCUT2D eigenvalue weighted by atomic mass is 35.5. The monoisotopic (exact) mass is 409 g/mol. The molecule has 2 aromatic rings. The van der Waals surface area contributed by atoms with E-state index in [9.17, 15) is 13.2 Å². The Morgan fingerprint density at radius 2 is 1.52 bits per heavy atom. The van der Waals surface area contributed by atoms with Gasteiger partial charge >= 0.3 is 0 Å². The van der Waals surface area contributed by atoms with Gasteiger partial charge in [0.2, 0.25) is 15.9 Å². The Morgan fingerprint density at radius 1 is 0.963 bits per heavy atom. The van der Waals surface area contributed by atoms with E-state index in [1.165, 1.54) is 4.31 Å². The van der Waals surface area contributed by atoms with Gasteiger partial charge in [-0.2, -0.15) is 4.31 Å². The van der Waals surface area contributed by atoms with Crippen molar-refractivity contribution in [2.75, 3.05) is 18.8 Å². The van der Waals surface area contributed by atoms with Crippen LogP contribution >= 0.6 is 12.4 Å². The highest BCUT2D eigenvalue weighted by Crippen LogP contribution is 2.21. The number of rotatable bonds is 6. The number of sulfonamides is 1. The molecule has 0 atom stereocenters. The number of nitrogens with one attached hydrogen (secondary N) is 1. The molecule has 8 heteroatoms. The highest BCUT2D eigenvalue weighted by molar-refractivity contribution is 7.89. The number of hydrogen-bond acceptors (Lipinski definition) is 4. The molecular weight excluding hydrogens is 386 g/mol. The van der Waals surface area contributed by atoms with Gasteiger partial charge in [-0.1, -0.05) is 24.3 Å². The number of amides is 1. The summed E-state index contributed by atoms with van der Waals surface area (Å²) in [6.07, 6.45) is 2.11. The van der Waals surface area contributed by atoms with Crippen LogP contribution in [0.5, 0.6) is 0 Å². The Bertz CT molecular complexity index is 862. The summed E-state index contributed by atoms with van der Waals surface area (Å²) in [5.41, 5.74) is 8.04. The third-order valence-corrected chi connectivity index (χ3v) is 6.37. The number of nitrogens with zero attached hydrogens (tertiary/aromatic N) is 1. The molecule has 1 fully saturated rings. The zero-order valence-corrected chi connectivity index (χ0v) is 16.6. The van der Waals surface area contributed by atoms with E-state index in [2.05, 4.69) is 5.32 Å². The highest BCUT2D eigenvalue weighted by Gasteiger charge is 2.26. The molecule has 0 unspecified atom stereocenters. The molecule has 1 heterocycles. The minimum absolute atomic E-state index is 0. The molecule has 0 aromatic heterocycles. The second-order valence-corrected chi connectivity index (χ2v) is 8.39. The Balaban J connectivity index is 0.00000261. The summed E-state index contributed by atoms with van der Waals surface area (Å²) in [4.78, 5) is 12.3. The second kappa shape index (κ2) is 9.21. The lowest BCUT2D eigenvalue weighted by molar-refractivity contribution is -0.120. The van der Waals surface area contributed by atoms with Crippen molar-refractivity contribution < 1.29 is 13.2 Å². The number of anilines is 1. The fourth-order valence-corrected chi connectivity index (χ4v) is 4.46. The van der Waals surface area contributed by atoms with E-state index in [0.717, 1.165) is 24.0 Å². The summed E-state index contributed by atoms with van der Waals surface area (Å²) in [5.74, 6) is -0.0939. The first kappa shape index (κ1) is 21.2. The van der Waals surface area contributed by atoms with Gasteiger partial charge in [0, 0.05) is 25.3 Å². The second-order valence-electron chi connectivity index (χ2n) is 6.45. The molecule has 0 radical (unpaired) electrons. The van der Waals surface area contributed by atoms with E-state index in [4.69, 9.17) is 5.73 Å². The predicted molar refractivity (Wildman–Crippen MR) is 108 cm³/mol. The smallest absolute Gasteiger partial charge is 0.243 e. The summed E-state index contributed by atoms with van der Waals surface area (Å²) in [6, 6.07) is 13.9. The van der Waals surface area contributed by atoms with Crippen molar-refractivity contribution in [2.45, 2.75) is 30.7 Å². The topological polar surface area (TPSA) is 92.5 Å². The van der Waals surface area contributed by atoms with Crippen molar-refractivity contribution in [3.8, 4) is 0 Å². The fraction of sp³-hybridized carbons (Fsp3) is 0.316. The molecule has 2 aromatic carbocycles. The maximum absolute atomic E-state index is 12.5. The standard InChI is InChI=1S/C19H23N3O3S.ClH/c20-17-7-3-15(4-8-17)13-19(23)21-14-16-5-9-18(10-6-16)26(24,25)22-11-1-2-12-22;/h3-10H,1-2,11-14,20H2,(H,21,23);1H. The number of nitrogens with two attached hydrogens (primary N) is 1. The van der Waals surface area contributed by atoms with E-state index >= 15 is 0 Å². The van der Waals surface area contributed by atoms with Gasteiger partial charge in [0.1, 0.15) is 0 Å². The summed E-state index contributed by atoms with van der Waals surface area (Å²) in [6.45, 7) is 1.54. The number of benzene rings is 2. The zero-order chi connectivity index (χ0) is 18.6. The van der Waals surface area contributed by atoms with Crippen LogP contribution in [0.15, 0.2) is 53.4 Å². The van der Waals surface area contributed by atoms with Crippen LogP contribution in [0.25, 0.3) is 0 Å². The maximum atomic E-state index is 12.5. The van der Waals surface area contributed by atoms with E-state index < -0.39 is 10.0 Å². The molecule has 6 nitrogen and oxygen atoms in total. The van der Waals surface area contributed by atoms with Crippen LogP contribution in [0.3, 0.4) is 0 Å². The predicted octanol–water partition coefficient (Wildman–Crippen LogP) is 2.33. The Hall–Kier alpha value is -2.09. The van der Waals surface area contributed by atoms with Crippen LogP contribution in [-0.4, -0.2) is 31.7 Å². The Morgan fingerprint density at radius 3 is 2.11 bits per heavy atom. The molecule has 146 valence electrons. The molecular formula is C19H24ClN3O3S. The molecule has 1 saturated heterocycles. The number of carbonyl (C=O) groups excluding carboxylic acids is 1. The molecule has 3 rings (SSSR count). The molecule has 1 aliphatic rings. The fourth-order valence-electron chi connectivity index (χ4n) is 2.94. The van der Waals surface area contributed by atoms with Crippen LogP contribution in [0, 0.1) is 0 Å². The van der Waals surface area contributed by atoms with Crippen LogP contribution < -0.4 is 11.1 Å². The first-order chi connectivity index (χ1) is 12.4. The van der Waals surface area contributed by atoms with Crippen LogP contribution in [0.4, 0.5) is 5.69 Å². The number of hydrogen-bond donors (Lipinski definition) is 2. The summed E-state index contributed by atoms with van der Waals surface area (Å²) < 4.78 is 26.5. The molecule has 0 saturated carbocycles. The van der Waals surface area contributed by atoms with Crippen molar-refractivity contribution in [2.24, 2.45) is 0 Å². The van der Waals surface area contributed by atoms with Gasteiger partial charge in [-0.3, -0.25) is 4.79 Å². The van der Waals surface area contributed by atoms with Gasteiger partial charge in [-0.15, -0.1) is 12.4 Å². The number of halogens is 1. The lowest BCUT2D eigenvalue weighted by atomic mass is 10.1. The Labute approximate surface area is 166 Å². The number of carbonyl (C=O) groups is 1. The minimum atomic E-state index is -3.40. The van der Waals surface area contributed by atoms with Gasteiger partial charge in [0.05, 0.1) is 11.3 Å². The molecule has 1 amide bonds. The van der Waals surface area contributed by atoms with E-state index in [0.29, 0.717) is 30.2 Å². The normalized spacial score (nSPS) is 14.5. The van der Waals surface area contributed by atoms with Gasteiger partial charge < -0.3 is 11.1 Å². The summed E-state index contributed by atoms with van der Waals surface area (Å²) >= 11 is 0. The van der Waals surface area contributed by atoms with Crippen molar-refractivity contribution in [1.82, 2.24) is 9.62 Å². The van der Waals surface area contributed by atoms with Crippen LogP contribution in [0.1, 0.15) is 24.0 Å². The summed E-state index contributed by atoms with van der Waals surface area (Å²) in [7, 11) is -3.40. The maximum Gasteiger partial charge on any atom is 0.243 e. The Kier molecular flexibility index (Phi) is 7.24. The van der Waals surface area contributed by atoms with Crippen molar-refractivity contribution in [1.29, 1.82) is 0 Å². The SMILES string of the molecule is Cl.Nc1ccc(CC(=O)NCc2ccc(S(=O)(=O)N3CCCC3)cc2)cc1. The van der Waals surface area contributed by atoms with Crippen LogP contribution in [-0.2, 0) is 27.8 Å². The molecule has 1 aliphatic heterocycles. The largest absolute Gasteiger partial charge is 0.399 e. The first-order valence-electron chi connectivity index (χ1n) is 8.65. The van der Waals surface area contributed by atoms with Gasteiger partial charge in [-0.25, -0.2) is 8.42 Å². The van der Waals surface area contributed by atoms with E-state index in [1.807, 2.05) is 12.1 Å². The molecule has 27 heavy (non-hydrogen) atoms. The minimum Gasteiger partial charge on any atom is -0.399 e. The van der Waals surface area contributed by atoms with E-state index in [-0.39, 0.29) is 24.7 Å². The summed E-state index contributed by atoms with van der Waals surface area (Å²) in [5, 5.41) is 2.85. The van der Waals surface area contributed by atoms with Crippen molar-refractivity contribution in [3.63, 3.8) is 0 Å². The number of nitrogen functional groups attached to an aromatic ring is 1.